The lowest BCUT2D eigenvalue weighted by molar-refractivity contribution is 0.328. The van der Waals surface area contributed by atoms with Gasteiger partial charge in [-0.15, -0.1) is 0 Å². The molecule has 5 heteroatoms. The monoisotopic (exact) mass is 246 g/mol. The van der Waals surface area contributed by atoms with Gasteiger partial charge in [0, 0.05) is 5.69 Å². The molecular formula is C13H18N4O. The van der Waals surface area contributed by atoms with Gasteiger partial charge in [0.05, 0.1) is 18.0 Å². The standard InChI is InChI=1S/C13H18N4O/c1-5-18-13-11(14)6-7-12(15-13)17-10(4)8(2)9(3)16-17/h6-7H,5,14H2,1-4H3. The van der Waals surface area contributed by atoms with Crippen LogP contribution in [-0.2, 0) is 0 Å². The van der Waals surface area contributed by atoms with E-state index >= 15 is 0 Å². The van der Waals surface area contributed by atoms with Crippen molar-refractivity contribution in [3.8, 4) is 11.7 Å². The molecule has 18 heavy (non-hydrogen) atoms. The largest absolute Gasteiger partial charge is 0.476 e. The molecule has 0 aromatic carbocycles. The molecule has 0 saturated heterocycles. The van der Waals surface area contributed by atoms with Gasteiger partial charge in [0.25, 0.3) is 0 Å². The summed E-state index contributed by atoms with van der Waals surface area (Å²) in [5, 5.41) is 4.47. The summed E-state index contributed by atoms with van der Waals surface area (Å²) in [4.78, 5) is 4.40. The first-order chi connectivity index (χ1) is 8.54. The highest BCUT2D eigenvalue weighted by molar-refractivity contribution is 5.51. The van der Waals surface area contributed by atoms with Crippen LogP contribution in [0.3, 0.4) is 0 Å². The van der Waals surface area contributed by atoms with Crippen molar-refractivity contribution in [1.29, 1.82) is 0 Å². The van der Waals surface area contributed by atoms with Gasteiger partial charge in [0.1, 0.15) is 0 Å². The second kappa shape index (κ2) is 4.68. The summed E-state index contributed by atoms with van der Waals surface area (Å²) in [6, 6.07) is 3.63. The number of hydrogen-bond acceptors (Lipinski definition) is 4. The van der Waals surface area contributed by atoms with Gasteiger partial charge in [-0.25, -0.2) is 4.68 Å². The third-order valence-corrected chi connectivity index (χ3v) is 3.03. The van der Waals surface area contributed by atoms with Crippen LogP contribution in [0.25, 0.3) is 5.82 Å². The highest BCUT2D eigenvalue weighted by atomic mass is 16.5. The van der Waals surface area contributed by atoms with Gasteiger partial charge in [-0.1, -0.05) is 0 Å². The van der Waals surface area contributed by atoms with Crippen LogP contribution in [0.5, 0.6) is 5.88 Å². The fourth-order valence-electron chi connectivity index (χ4n) is 1.76. The Labute approximate surface area is 107 Å². The number of nitrogen functional groups attached to an aromatic ring is 1. The molecule has 0 aliphatic rings. The van der Waals surface area contributed by atoms with Gasteiger partial charge in [-0.3, -0.25) is 0 Å². The maximum absolute atomic E-state index is 5.81. The summed E-state index contributed by atoms with van der Waals surface area (Å²) in [6.07, 6.45) is 0. The number of anilines is 1. The minimum atomic E-state index is 0.459. The second-order valence-electron chi connectivity index (χ2n) is 4.20. The fraction of sp³-hybridized carbons (Fsp3) is 0.385. The normalized spacial score (nSPS) is 10.7. The smallest absolute Gasteiger partial charge is 0.239 e. The van der Waals surface area contributed by atoms with E-state index in [9.17, 15) is 0 Å². The molecule has 0 amide bonds. The predicted octanol–water partition coefficient (Wildman–Crippen LogP) is 2.17. The Kier molecular flexibility index (Phi) is 3.23. The Bertz CT molecular complexity index is 575. The Morgan fingerprint density at radius 2 is 2.00 bits per heavy atom. The lowest BCUT2D eigenvalue weighted by Crippen LogP contribution is -2.06. The first-order valence-corrected chi connectivity index (χ1v) is 5.97. The first kappa shape index (κ1) is 12.4. The molecule has 0 unspecified atom stereocenters. The van der Waals surface area contributed by atoms with Crippen molar-refractivity contribution in [2.75, 3.05) is 12.3 Å². The van der Waals surface area contributed by atoms with E-state index < -0.39 is 0 Å². The molecule has 2 heterocycles. The summed E-state index contributed by atoms with van der Waals surface area (Å²) in [5.41, 5.74) is 9.60. The summed E-state index contributed by atoms with van der Waals surface area (Å²) in [7, 11) is 0. The lowest BCUT2D eigenvalue weighted by Gasteiger charge is -2.09. The van der Waals surface area contributed by atoms with Crippen LogP contribution in [0, 0.1) is 20.8 Å². The molecule has 0 aliphatic heterocycles. The first-order valence-electron chi connectivity index (χ1n) is 5.97. The molecule has 0 aliphatic carbocycles. The summed E-state index contributed by atoms with van der Waals surface area (Å²) >= 11 is 0. The summed E-state index contributed by atoms with van der Waals surface area (Å²) in [6.45, 7) is 8.50. The van der Waals surface area contributed by atoms with Crippen molar-refractivity contribution in [2.24, 2.45) is 0 Å². The zero-order valence-electron chi connectivity index (χ0n) is 11.2. The van der Waals surface area contributed by atoms with Crippen molar-refractivity contribution in [1.82, 2.24) is 14.8 Å². The molecule has 0 fully saturated rings. The van der Waals surface area contributed by atoms with E-state index in [4.69, 9.17) is 10.5 Å². The molecule has 0 saturated carbocycles. The number of aromatic nitrogens is 3. The molecule has 0 radical (unpaired) electrons. The summed E-state index contributed by atoms with van der Waals surface area (Å²) < 4.78 is 7.21. The highest BCUT2D eigenvalue weighted by Crippen LogP contribution is 2.22. The maximum atomic E-state index is 5.81. The van der Waals surface area contributed by atoms with Gasteiger partial charge in [-0.2, -0.15) is 10.1 Å². The van der Waals surface area contributed by atoms with Crippen LogP contribution in [0.2, 0.25) is 0 Å². The van der Waals surface area contributed by atoms with Crippen LogP contribution in [0.15, 0.2) is 12.1 Å². The molecule has 2 aromatic heterocycles. The minimum absolute atomic E-state index is 0.459. The number of rotatable bonds is 3. The molecule has 0 spiro atoms. The van der Waals surface area contributed by atoms with Crippen molar-refractivity contribution >= 4 is 5.69 Å². The van der Waals surface area contributed by atoms with Crippen LogP contribution in [-0.4, -0.2) is 21.4 Å². The molecule has 2 N–H and O–H groups in total. The molecule has 2 aromatic rings. The van der Waals surface area contributed by atoms with E-state index in [1.807, 2.05) is 31.5 Å². The van der Waals surface area contributed by atoms with Crippen LogP contribution < -0.4 is 10.5 Å². The molecule has 0 atom stereocenters. The Hall–Kier alpha value is -2.04. The van der Waals surface area contributed by atoms with Gasteiger partial charge >= 0.3 is 0 Å². The third-order valence-electron chi connectivity index (χ3n) is 3.03. The number of aryl methyl sites for hydroxylation is 1. The number of nitrogens with zero attached hydrogens (tertiary/aromatic N) is 3. The average Bonchev–Trinajstić information content (AvgIpc) is 2.60. The van der Waals surface area contributed by atoms with Gasteiger partial charge in [0.15, 0.2) is 5.82 Å². The van der Waals surface area contributed by atoms with Crippen molar-refractivity contribution in [2.45, 2.75) is 27.7 Å². The Balaban J connectivity index is 2.50. The summed E-state index contributed by atoms with van der Waals surface area (Å²) in [5.74, 6) is 1.18. The molecule has 0 bridgehead atoms. The molecule has 2 rings (SSSR count). The van der Waals surface area contributed by atoms with E-state index in [2.05, 4.69) is 17.0 Å². The lowest BCUT2D eigenvalue weighted by atomic mass is 10.2. The SMILES string of the molecule is CCOc1nc(-n2nc(C)c(C)c2C)ccc1N. The Morgan fingerprint density at radius 3 is 2.56 bits per heavy atom. The quantitative estimate of drug-likeness (QED) is 0.901. The van der Waals surface area contributed by atoms with Gasteiger partial charge in [0.2, 0.25) is 5.88 Å². The van der Waals surface area contributed by atoms with Crippen molar-refractivity contribution in [3.05, 3.63) is 29.1 Å². The highest BCUT2D eigenvalue weighted by Gasteiger charge is 2.11. The molecule has 5 nitrogen and oxygen atoms in total. The minimum Gasteiger partial charge on any atom is -0.476 e. The zero-order valence-corrected chi connectivity index (χ0v) is 11.2. The van der Waals surface area contributed by atoms with E-state index in [1.165, 1.54) is 5.56 Å². The van der Waals surface area contributed by atoms with Crippen LogP contribution in [0.1, 0.15) is 23.9 Å². The molecule has 96 valence electrons. The molecular weight excluding hydrogens is 228 g/mol. The Morgan fingerprint density at radius 1 is 1.28 bits per heavy atom. The van der Waals surface area contributed by atoms with E-state index in [1.54, 1.807) is 6.07 Å². The van der Waals surface area contributed by atoms with E-state index in [0.29, 0.717) is 18.2 Å². The van der Waals surface area contributed by atoms with Crippen molar-refractivity contribution in [3.63, 3.8) is 0 Å². The predicted molar refractivity (Wildman–Crippen MR) is 71.2 cm³/mol. The van der Waals surface area contributed by atoms with Crippen LogP contribution >= 0.6 is 0 Å². The number of ether oxygens (including phenoxy) is 1. The topological polar surface area (TPSA) is 66.0 Å². The van der Waals surface area contributed by atoms with Crippen LogP contribution in [0.4, 0.5) is 5.69 Å². The maximum Gasteiger partial charge on any atom is 0.239 e. The number of nitrogens with two attached hydrogens (primary N) is 1. The average molecular weight is 246 g/mol. The van der Waals surface area contributed by atoms with E-state index in [0.717, 1.165) is 17.2 Å². The fourth-order valence-corrected chi connectivity index (χ4v) is 1.76. The van der Waals surface area contributed by atoms with Crippen molar-refractivity contribution < 1.29 is 4.74 Å². The number of pyridine rings is 1. The van der Waals surface area contributed by atoms with Gasteiger partial charge < -0.3 is 10.5 Å². The number of hydrogen-bond donors (Lipinski definition) is 1. The van der Waals surface area contributed by atoms with Gasteiger partial charge in [-0.05, 0) is 45.4 Å². The zero-order chi connectivity index (χ0) is 13.3. The second-order valence-corrected chi connectivity index (χ2v) is 4.20. The third kappa shape index (κ3) is 2.03. The van der Waals surface area contributed by atoms with E-state index in [-0.39, 0.29) is 0 Å².